The zero-order valence-electron chi connectivity index (χ0n) is 20.7. The van der Waals surface area contributed by atoms with Gasteiger partial charge >= 0.3 is 23.1 Å². The van der Waals surface area contributed by atoms with Crippen LogP contribution in [0.5, 0.6) is 0 Å². The molecule has 30 heavy (non-hydrogen) atoms. The predicted molar refractivity (Wildman–Crippen MR) is 130 cm³/mol. The molecule has 0 heterocycles. The van der Waals surface area contributed by atoms with E-state index in [4.69, 9.17) is 9.47 Å². The SMILES string of the molecule is [Br-].[CH2-]CCCCC(OCCCCCCCCCC)OCCCCCCCCCC.[Mg+2]. The molecule has 0 fully saturated rings. The van der Waals surface area contributed by atoms with Crippen LogP contribution in [0.1, 0.15) is 142 Å². The van der Waals surface area contributed by atoms with Gasteiger partial charge in [0.25, 0.3) is 0 Å². The van der Waals surface area contributed by atoms with Gasteiger partial charge in [-0.2, -0.15) is 6.42 Å². The van der Waals surface area contributed by atoms with E-state index in [1.807, 2.05) is 0 Å². The van der Waals surface area contributed by atoms with Crippen molar-refractivity contribution in [1.82, 2.24) is 0 Å². The molecule has 0 aromatic rings. The first kappa shape index (κ1) is 35.7. The molecule has 0 bridgehead atoms. The van der Waals surface area contributed by atoms with Crippen LogP contribution in [0.2, 0.25) is 0 Å². The van der Waals surface area contributed by atoms with Gasteiger partial charge in [0.2, 0.25) is 0 Å². The van der Waals surface area contributed by atoms with Crippen LogP contribution in [0.4, 0.5) is 0 Å². The van der Waals surface area contributed by atoms with E-state index in [2.05, 4.69) is 20.8 Å². The van der Waals surface area contributed by atoms with Gasteiger partial charge in [0.05, 0.1) is 0 Å². The van der Waals surface area contributed by atoms with Crippen LogP contribution in [0, 0.1) is 6.92 Å². The summed E-state index contributed by atoms with van der Waals surface area (Å²) in [5.74, 6) is 0. The van der Waals surface area contributed by atoms with Crippen molar-refractivity contribution in [2.24, 2.45) is 0 Å². The topological polar surface area (TPSA) is 18.5 Å². The largest absolute Gasteiger partial charge is 2.00 e. The van der Waals surface area contributed by atoms with Crippen LogP contribution >= 0.6 is 0 Å². The summed E-state index contributed by atoms with van der Waals surface area (Å²) < 4.78 is 12.1. The quantitative estimate of drug-likeness (QED) is 0.0737. The fraction of sp³-hybridized carbons (Fsp3) is 0.962. The molecule has 2 nitrogen and oxygen atoms in total. The van der Waals surface area contributed by atoms with Crippen LogP contribution in [0.3, 0.4) is 0 Å². The van der Waals surface area contributed by atoms with Gasteiger partial charge in [-0.3, -0.25) is 0 Å². The Kier molecular flexibility index (Phi) is 38.5. The predicted octanol–water partition coefficient (Wildman–Crippen LogP) is 5.64. The van der Waals surface area contributed by atoms with Gasteiger partial charge in [0.1, 0.15) is 0 Å². The molecule has 0 atom stereocenters. The molecule has 0 aliphatic rings. The second kappa shape index (κ2) is 32.3. The molecule has 0 N–H and O–H groups in total. The van der Waals surface area contributed by atoms with E-state index < -0.39 is 0 Å². The molecule has 178 valence electrons. The first-order valence-electron chi connectivity index (χ1n) is 12.9. The minimum absolute atomic E-state index is 0. The van der Waals surface area contributed by atoms with Crippen molar-refractivity contribution in [2.75, 3.05) is 13.2 Å². The van der Waals surface area contributed by atoms with E-state index in [1.165, 1.54) is 116 Å². The third-order valence-electron chi connectivity index (χ3n) is 5.54. The van der Waals surface area contributed by atoms with Crippen LogP contribution in [-0.2, 0) is 9.47 Å². The molecule has 0 aromatic heterocycles. The van der Waals surface area contributed by atoms with E-state index in [1.54, 1.807) is 0 Å². The zero-order chi connectivity index (χ0) is 20.5. The van der Waals surface area contributed by atoms with Gasteiger partial charge < -0.3 is 33.4 Å². The van der Waals surface area contributed by atoms with E-state index in [9.17, 15) is 0 Å². The molecule has 0 aromatic carbocycles. The van der Waals surface area contributed by atoms with Crippen LogP contribution in [-0.4, -0.2) is 42.6 Å². The van der Waals surface area contributed by atoms with Crippen molar-refractivity contribution in [1.29, 1.82) is 0 Å². The van der Waals surface area contributed by atoms with Gasteiger partial charge in [-0.15, -0.1) is 0 Å². The van der Waals surface area contributed by atoms with E-state index in [0.29, 0.717) is 0 Å². The summed E-state index contributed by atoms with van der Waals surface area (Å²) in [5, 5.41) is 0. The Morgan fingerprint density at radius 3 is 1.27 bits per heavy atom. The van der Waals surface area contributed by atoms with Gasteiger partial charge in [-0.1, -0.05) is 117 Å². The average Bonchev–Trinajstić information content (AvgIpc) is 2.71. The minimum Gasteiger partial charge on any atom is -1.00 e. The Hall–Kier alpha value is 1.17. The molecule has 0 aliphatic carbocycles. The Bertz CT molecular complexity index is 258. The third-order valence-corrected chi connectivity index (χ3v) is 5.54. The molecule has 4 heteroatoms. The van der Waals surface area contributed by atoms with Crippen molar-refractivity contribution in [3.8, 4) is 0 Å². The summed E-state index contributed by atoms with van der Waals surface area (Å²) in [7, 11) is 0. The Morgan fingerprint density at radius 1 is 0.533 bits per heavy atom. The molecule has 0 unspecified atom stereocenters. The molecule has 0 rings (SSSR count). The Morgan fingerprint density at radius 2 is 0.900 bits per heavy atom. The fourth-order valence-electron chi connectivity index (χ4n) is 3.60. The maximum atomic E-state index is 6.06. The second-order valence-corrected chi connectivity index (χ2v) is 8.47. The standard InChI is InChI=1S/C26H53O2.BrH.Mg/c1-4-7-10-12-14-16-18-21-24-27-26(23-20-9-6-3)28-25-22-19-17-15-13-11-8-5-2;;/h26H,3-25H2,1-2H3;1H;/q-1;;+2/p-1. The monoisotopic (exact) mass is 500 g/mol. The van der Waals surface area contributed by atoms with Crippen LogP contribution < -0.4 is 17.0 Å². The molecular weight excluding hydrogens is 448 g/mol. The molecule has 0 aliphatic heterocycles. The van der Waals surface area contributed by atoms with Crippen molar-refractivity contribution in [3.63, 3.8) is 0 Å². The van der Waals surface area contributed by atoms with Gasteiger partial charge in [0, 0.05) is 13.2 Å². The summed E-state index contributed by atoms with van der Waals surface area (Å²) in [6.45, 7) is 10.2. The summed E-state index contributed by atoms with van der Waals surface area (Å²) in [6.07, 6.45) is 26.0. The smallest absolute Gasteiger partial charge is 1.00 e. The molecule has 0 saturated carbocycles. The van der Waals surface area contributed by atoms with Crippen molar-refractivity contribution in [2.45, 2.75) is 149 Å². The average molecular weight is 502 g/mol. The first-order valence-corrected chi connectivity index (χ1v) is 12.9. The number of ether oxygens (including phenoxy) is 2. The molecule has 0 radical (unpaired) electrons. The zero-order valence-corrected chi connectivity index (χ0v) is 23.7. The summed E-state index contributed by atoms with van der Waals surface area (Å²) in [5.41, 5.74) is 0. The second-order valence-electron chi connectivity index (χ2n) is 8.47. The molecule has 0 amide bonds. The number of hydrogen-bond acceptors (Lipinski definition) is 2. The van der Waals surface area contributed by atoms with Crippen LogP contribution in [0.15, 0.2) is 0 Å². The summed E-state index contributed by atoms with van der Waals surface area (Å²) in [4.78, 5) is 0. The van der Waals surface area contributed by atoms with Gasteiger partial charge in [-0.25, -0.2) is 0 Å². The minimum atomic E-state index is 0. The Labute approximate surface area is 217 Å². The fourth-order valence-corrected chi connectivity index (χ4v) is 3.60. The number of unbranched alkanes of at least 4 members (excludes halogenated alkanes) is 16. The van der Waals surface area contributed by atoms with Crippen molar-refractivity contribution >= 4 is 23.1 Å². The number of halogens is 1. The molecule has 0 spiro atoms. The summed E-state index contributed by atoms with van der Waals surface area (Å²) in [6, 6.07) is 0. The first-order chi connectivity index (χ1) is 13.8. The van der Waals surface area contributed by atoms with Crippen LogP contribution in [0.25, 0.3) is 0 Å². The van der Waals surface area contributed by atoms with Crippen molar-refractivity contribution in [3.05, 3.63) is 6.92 Å². The van der Waals surface area contributed by atoms with E-state index >= 15 is 0 Å². The van der Waals surface area contributed by atoms with Gasteiger partial charge in [0.15, 0.2) is 6.29 Å². The summed E-state index contributed by atoms with van der Waals surface area (Å²) >= 11 is 0. The van der Waals surface area contributed by atoms with E-state index in [-0.39, 0.29) is 46.3 Å². The van der Waals surface area contributed by atoms with Gasteiger partial charge in [-0.05, 0) is 19.3 Å². The van der Waals surface area contributed by atoms with E-state index in [0.717, 1.165) is 26.1 Å². The molecule has 0 saturated heterocycles. The number of rotatable bonds is 24. The number of hydrogen-bond donors (Lipinski definition) is 0. The normalized spacial score (nSPS) is 10.8. The molecular formula is C26H53BrMgO2. The maximum Gasteiger partial charge on any atom is 2.00 e. The third kappa shape index (κ3) is 29.2. The maximum absolute atomic E-state index is 6.06. The van der Waals surface area contributed by atoms with Crippen molar-refractivity contribution < 1.29 is 26.5 Å². The Balaban J connectivity index is -0.00000364.